The van der Waals surface area contributed by atoms with Crippen molar-refractivity contribution in [1.29, 1.82) is 0 Å². The predicted octanol–water partition coefficient (Wildman–Crippen LogP) is 2.38. The van der Waals surface area contributed by atoms with E-state index in [0.717, 1.165) is 30.4 Å². The van der Waals surface area contributed by atoms with Crippen molar-refractivity contribution < 1.29 is 22.7 Å². The molecule has 0 unspecified atom stereocenters. The summed E-state index contributed by atoms with van der Waals surface area (Å²) in [6.07, 6.45) is 2.91. The van der Waals surface area contributed by atoms with E-state index in [-0.39, 0.29) is 12.7 Å². The predicted molar refractivity (Wildman–Crippen MR) is 120 cm³/mol. The molecule has 2 aliphatic heterocycles. The molecule has 1 amide bonds. The van der Waals surface area contributed by atoms with E-state index in [0.29, 0.717) is 42.6 Å². The summed E-state index contributed by atoms with van der Waals surface area (Å²) in [5.74, 6) is 1.28. The summed E-state index contributed by atoms with van der Waals surface area (Å²) in [6, 6.07) is 12.1. The Bertz CT molecular complexity index is 1050. The third-order valence-corrected chi connectivity index (χ3v) is 7.70. The van der Waals surface area contributed by atoms with Gasteiger partial charge in [0.05, 0.1) is 10.9 Å². The van der Waals surface area contributed by atoms with Crippen molar-refractivity contribution in [2.75, 3.05) is 19.9 Å². The van der Waals surface area contributed by atoms with Crippen LogP contribution in [0, 0.1) is 0 Å². The quantitative estimate of drug-likeness (QED) is 0.629. The highest BCUT2D eigenvalue weighted by Crippen LogP contribution is 2.32. The van der Waals surface area contributed by atoms with Gasteiger partial charge >= 0.3 is 0 Å². The summed E-state index contributed by atoms with van der Waals surface area (Å²) in [7, 11) is -3.43. The lowest BCUT2D eigenvalue weighted by Gasteiger charge is -2.25. The summed E-state index contributed by atoms with van der Waals surface area (Å²) in [6.45, 7) is 4.05. The number of rotatable bonds is 8. The maximum Gasteiger partial charge on any atom is 0.243 e. The van der Waals surface area contributed by atoms with Crippen molar-refractivity contribution >= 4 is 15.9 Å². The van der Waals surface area contributed by atoms with E-state index in [2.05, 4.69) is 10.6 Å². The zero-order valence-electron chi connectivity index (χ0n) is 18.2. The maximum atomic E-state index is 12.7. The molecule has 1 fully saturated rings. The van der Waals surface area contributed by atoms with Crippen LogP contribution in [0.15, 0.2) is 47.4 Å². The monoisotopic (exact) mass is 459 g/mol. The van der Waals surface area contributed by atoms with Gasteiger partial charge in [-0.3, -0.25) is 4.79 Å². The van der Waals surface area contributed by atoms with E-state index in [1.165, 1.54) is 0 Å². The Morgan fingerprint density at radius 2 is 1.66 bits per heavy atom. The third-order valence-electron chi connectivity index (χ3n) is 5.79. The average molecular weight is 460 g/mol. The second-order valence-electron chi connectivity index (χ2n) is 8.12. The molecule has 32 heavy (non-hydrogen) atoms. The van der Waals surface area contributed by atoms with Crippen molar-refractivity contribution in [3.05, 3.63) is 53.6 Å². The molecule has 0 spiro atoms. The van der Waals surface area contributed by atoms with Crippen LogP contribution in [-0.2, 0) is 27.9 Å². The fraction of sp³-hybridized carbons (Fsp3) is 0.435. The van der Waals surface area contributed by atoms with Gasteiger partial charge in [0.1, 0.15) is 0 Å². The molecular formula is C23H29N3O5S. The number of carbonyl (C=O) groups is 1. The van der Waals surface area contributed by atoms with Crippen LogP contribution in [-0.4, -0.2) is 44.6 Å². The highest BCUT2D eigenvalue weighted by molar-refractivity contribution is 7.89. The molecule has 8 nitrogen and oxygen atoms in total. The molecule has 2 aromatic carbocycles. The SMILES string of the molecule is C[C@H](NCc1ccc(S(=O)(=O)N2CCCCC2)cc1)C(=O)NCc1ccc2c(c1)OCO2. The van der Waals surface area contributed by atoms with Crippen molar-refractivity contribution in [3.8, 4) is 11.5 Å². The second-order valence-corrected chi connectivity index (χ2v) is 10.1. The Hall–Kier alpha value is -2.62. The van der Waals surface area contributed by atoms with Crippen molar-refractivity contribution in [1.82, 2.24) is 14.9 Å². The number of benzene rings is 2. The molecule has 1 atom stereocenters. The number of nitrogens with zero attached hydrogens (tertiary/aromatic N) is 1. The Labute approximate surface area is 189 Å². The van der Waals surface area contributed by atoms with Gasteiger partial charge < -0.3 is 20.1 Å². The second kappa shape index (κ2) is 9.89. The van der Waals surface area contributed by atoms with E-state index in [9.17, 15) is 13.2 Å². The van der Waals surface area contributed by atoms with Crippen LogP contribution in [0.5, 0.6) is 11.5 Å². The highest BCUT2D eigenvalue weighted by Gasteiger charge is 2.25. The first-order valence-corrected chi connectivity index (χ1v) is 12.4. The number of amides is 1. The molecule has 9 heteroatoms. The normalized spacial score (nSPS) is 17.2. The molecule has 0 saturated carbocycles. The van der Waals surface area contributed by atoms with Crippen molar-refractivity contribution in [3.63, 3.8) is 0 Å². The molecule has 4 rings (SSSR count). The maximum absolute atomic E-state index is 12.7. The number of nitrogens with one attached hydrogen (secondary N) is 2. The van der Waals surface area contributed by atoms with Gasteiger partial charge in [0.2, 0.25) is 22.7 Å². The molecule has 0 bridgehead atoms. The summed E-state index contributed by atoms with van der Waals surface area (Å²) >= 11 is 0. The van der Waals surface area contributed by atoms with Crippen LogP contribution >= 0.6 is 0 Å². The number of fused-ring (bicyclic) bond motifs is 1. The fourth-order valence-electron chi connectivity index (χ4n) is 3.79. The first kappa shape index (κ1) is 22.6. The number of hydrogen-bond acceptors (Lipinski definition) is 6. The molecule has 2 N–H and O–H groups in total. The summed E-state index contributed by atoms with van der Waals surface area (Å²) in [4.78, 5) is 12.7. The molecule has 2 aliphatic rings. The van der Waals surface area contributed by atoms with Gasteiger partial charge in [-0.05, 0) is 55.2 Å². The van der Waals surface area contributed by atoms with Gasteiger partial charge in [-0.25, -0.2) is 8.42 Å². The Kier molecular flexibility index (Phi) is 6.98. The van der Waals surface area contributed by atoms with E-state index in [1.807, 2.05) is 18.2 Å². The van der Waals surface area contributed by atoms with Crippen molar-refractivity contribution in [2.45, 2.75) is 50.2 Å². The minimum Gasteiger partial charge on any atom is -0.454 e. The lowest BCUT2D eigenvalue weighted by Crippen LogP contribution is -2.41. The van der Waals surface area contributed by atoms with Gasteiger partial charge in [-0.1, -0.05) is 24.6 Å². The van der Waals surface area contributed by atoms with E-state index >= 15 is 0 Å². The third kappa shape index (κ3) is 5.23. The average Bonchev–Trinajstić information content (AvgIpc) is 3.30. The Morgan fingerprint density at radius 3 is 2.41 bits per heavy atom. The van der Waals surface area contributed by atoms with Gasteiger partial charge in [0, 0.05) is 26.2 Å². The van der Waals surface area contributed by atoms with Crippen LogP contribution in [0.3, 0.4) is 0 Å². The number of sulfonamides is 1. The van der Waals surface area contributed by atoms with Crippen LogP contribution in [0.25, 0.3) is 0 Å². The molecule has 0 aliphatic carbocycles. The number of ether oxygens (including phenoxy) is 2. The Morgan fingerprint density at radius 1 is 0.969 bits per heavy atom. The Balaban J connectivity index is 1.26. The van der Waals surface area contributed by atoms with Crippen LogP contribution in [0.1, 0.15) is 37.3 Å². The van der Waals surface area contributed by atoms with Crippen LogP contribution in [0.2, 0.25) is 0 Å². The van der Waals surface area contributed by atoms with Crippen LogP contribution < -0.4 is 20.1 Å². The highest BCUT2D eigenvalue weighted by atomic mass is 32.2. The van der Waals surface area contributed by atoms with Gasteiger partial charge in [-0.15, -0.1) is 0 Å². The van der Waals surface area contributed by atoms with Crippen LogP contribution in [0.4, 0.5) is 0 Å². The first-order valence-electron chi connectivity index (χ1n) is 10.9. The number of carbonyl (C=O) groups excluding carboxylic acids is 1. The number of hydrogen-bond donors (Lipinski definition) is 2. The van der Waals surface area contributed by atoms with E-state index in [4.69, 9.17) is 9.47 Å². The summed E-state index contributed by atoms with van der Waals surface area (Å²) in [5, 5.41) is 6.09. The molecule has 1 saturated heterocycles. The molecule has 0 radical (unpaired) electrons. The summed E-state index contributed by atoms with van der Waals surface area (Å²) < 4.78 is 37.7. The fourth-order valence-corrected chi connectivity index (χ4v) is 5.31. The largest absolute Gasteiger partial charge is 0.454 e. The zero-order chi connectivity index (χ0) is 22.6. The van der Waals surface area contributed by atoms with Gasteiger partial charge in [0.25, 0.3) is 0 Å². The molecule has 0 aromatic heterocycles. The minimum absolute atomic E-state index is 0.119. The molecule has 172 valence electrons. The number of piperidine rings is 1. The standard InChI is InChI=1S/C23H29N3O5S/c1-17(23(27)25-15-19-7-10-21-22(13-19)31-16-30-21)24-14-18-5-8-20(9-6-18)32(28,29)26-11-3-2-4-12-26/h5-10,13,17,24H,2-4,11-12,14-16H2,1H3,(H,25,27)/t17-/m0/s1. The van der Waals surface area contributed by atoms with E-state index in [1.54, 1.807) is 35.5 Å². The van der Waals surface area contributed by atoms with Gasteiger partial charge in [0.15, 0.2) is 11.5 Å². The first-order chi connectivity index (χ1) is 15.4. The van der Waals surface area contributed by atoms with Crippen molar-refractivity contribution in [2.24, 2.45) is 0 Å². The zero-order valence-corrected chi connectivity index (χ0v) is 19.0. The van der Waals surface area contributed by atoms with E-state index < -0.39 is 16.1 Å². The minimum atomic E-state index is -3.43. The lowest BCUT2D eigenvalue weighted by atomic mass is 10.2. The summed E-state index contributed by atoms with van der Waals surface area (Å²) in [5.41, 5.74) is 1.85. The molecule has 2 heterocycles. The smallest absolute Gasteiger partial charge is 0.243 e. The molecular weight excluding hydrogens is 430 g/mol. The lowest BCUT2D eigenvalue weighted by molar-refractivity contribution is -0.122. The molecule has 2 aromatic rings. The van der Waals surface area contributed by atoms with Gasteiger partial charge in [-0.2, -0.15) is 4.31 Å². The topological polar surface area (TPSA) is 97.0 Å².